The zero-order chi connectivity index (χ0) is 14.7. The highest BCUT2D eigenvalue weighted by Gasteiger charge is 2.18. The molecule has 4 nitrogen and oxygen atoms in total. The van der Waals surface area contributed by atoms with Crippen LogP contribution in [0.5, 0.6) is 5.75 Å². The SMILES string of the molecule is CC[C@@H](C)C(=O)N[C@@H](C)c1cc2cccc(OC)c2o1. The van der Waals surface area contributed by atoms with Crippen molar-refractivity contribution in [3.05, 3.63) is 30.0 Å². The van der Waals surface area contributed by atoms with E-state index in [1.54, 1.807) is 7.11 Å². The standard InChI is InChI=1S/C16H21NO3/c1-5-10(2)16(18)17-11(3)14-9-12-7-6-8-13(19-4)15(12)20-14/h6-11H,5H2,1-4H3,(H,17,18)/t10-,11+/m1/s1. The zero-order valence-corrected chi connectivity index (χ0v) is 12.4. The second-order valence-corrected chi connectivity index (χ2v) is 5.07. The van der Waals surface area contributed by atoms with E-state index in [0.717, 1.165) is 23.2 Å². The molecular weight excluding hydrogens is 254 g/mol. The second-order valence-electron chi connectivity index (χ2n) is 5.07. The van der Waals surface area contributed by atoms with E-state index in [2.05, 4.69) is 5.32 Å². The van der Waals surface area contributed by atoms with Crippen molar-refractivity contribution in [1.29, 1.82) is 0 Å². The molecule has 0 aliphatic carbocycles. The van der Waals surface area contributed by atoms with Gasteiger partial charge in [0.25, 0.3) is 0 Å². The lowest BCUT2D eigenvalue weighted by Gasteiger charge is -2.14. The minimum Gasteiger partial charge on any atom is -0.493 e. The van der Waals surface area contributed by atoms with Crippen LogP contribution in [0.25, 0.3) is 11.0 Å². The van der Waals surface area contributed by atoms with E-state index in [1.807, 2.05) is 45.0 Å². The van der Waals surface area contributed by atoms with Crippen LogP contribution in [0.4, 0.5) is 0 Å². The molecular formula is C16H21NO3. The zero-order valence-electron chi connectivity index (χ0n) is 12.4. The first-order chi connectivity index (χ1) is 9.56. The number of furan rings is 1. The molecule has 1 aromatic heterocycles. The van der Waals surface area contributed by atoms with Crippen molar-refractivity contribution in [3.63, 3.8) is 0 Å². The first-order valence-electron chi connectivity index (χ1n) is 6.93. The summed E-state index contributed by atoms with van der Waals surface area (Å²) in [6.45, 7) is 5.84. The Bertz CT molecular complexity index is 603. The summed E-state index contributed by atoms with van der Waals surface area (Å²) in [5, 5.41) is 3.95. The lowest BCUT2D eigenvalue weighted by atomic mass is 10.1. The third-order valence-electron chi connectivity index (χ3n) is 3.59. The highest BCUT2D eigenvalue weighted by atomic mass is 16.5. The van der Waals surface area contributed by atoms with Crippen LogP contribution in [0.1, 0.15) is 39.0 Å². The van der Waals surface area contributed by atoms with Gasteiger partial charge in [-0.05, 0) is 25.5 Å². The molecule has 1 heterocycles. The van der Waals surface area contributed by atoms with Gasteiger partial charge in [0, 0.05) is 11.3 Å². The van der Waals surface area contributed by atoms with E-state index in [9.17, 15) is 4.79 Å². The molecule has 2 rings (SSSR count). The highest BCUT2D eigenvalue weighted by molar-refractivity contribution is 5.84. The molecule has 2 atom stereocenters. The minimum atomic E-state index is -0.159. The average molecular weight is 275 g/mol. The second kappa shape index (κ2) is 5.99. The van der Waals surface area contributed by atoms with E-state index >= 15 is 0 Å². The first kappa shape index (κ1) is 14.4. The van der Waals surface area contributed by atoms with Crippen LogP contribution in [0.2, 0.25) is 0 Å². The highest BCUT2D eigenvalue weighted by Crippen LogP contribution is 2.30. The summed E-state index contributed by atoms with van der Waals surface area (Å²) in [5.41, 5.74) is 0.717. The van der Waals surface area contributed by atoms with Crippen molar-refractivity contribution < 1.29 is 13.9 Å². The number of para-hydroxylation sites is 1. The van der Waals surface area contributed by atoms with E-state index in [4.69, 9.17) is 9.15 Å². The molecule has 2 aromatic rings. The summed E-state index contributed by atoms with van der Waals surface area (Å²) >= 11 is 0. The summed E-state index contributed by atoms with van der Waals surface area (Å²) in [5.74, 6) is 1.50. The maximum absolute atomic E-state index is 11.9. The average Bonchev–Trinajstić information content (AvgIpc) is 2.90. The fraction of sp³-hybridized carbons (Fsp3) is 0.438. The van der Waals surface area contributed by atoms with E-state index in [0.29, 0.717) is 5.75 Å². The van der Waals surface area contributed by atoms with Crippen LogP contribution in [0.15, 0.2) is 28.7 Å². The Balaban J connectivity index is 2.22. The largest absolute Gasteiger partial charge is 0.493 e. The van der Waals surface area contributed by atoms with Crippen molar-refractivity contribution in [3.8, 4) is 5.75 Å². The number of hydrogen-bond acceptors (Lipinski definition) is 3. The number of rotatable bonds is 5. The van der Waals surface area contributed by atoms with Crippen molar-refractivity contribution in [2.75, 3.05) is 7.11 Å². The number of carbonyl (C=O) groups excluding carboxylic acids is 1. The van der Waals surface area contributed by atoms with Crippen LogP contribution in [-0.4, -0.2) is 13.0 Å². The molecule has 0 fully saturated rings. The molecule has 1 aromatic carbocycles. The fourth-order valence-electron chi connectivity index (χ4n) is 2.04. The normalized spacial score (nSPS) is 14.0. The molecule has 0 bridgehead atoms. The molecule has 108 valence electrons. The van der Waals surface area contributed by atoms with Gasteiger partial charge in [-0.2, -0.15) is 0 Å². The topological polar surface area (TPSA) is 51.5 Å². The molecule has 20 heavy (non-hydrogen) atoms. The summed E-state index contributed by atoms with van der Waals surface area (Å²) < 4.78 is 11.1. The molecule has 0 unspecified atom stereocenters. The molecule has 0 aliphatic heterocycles. The maximum atomic E-state index is 11.9. The molecule has 0 saturated heterocycles. The Morgan fingerprint density at radius 2 is 2.15 bits per heavy atom. The molecule has 0 spiro atoms. The number of fused-ring (bicyclic) bond motifs is 1. The molecule has 0 radical (unpaired) electrons. The quantitative estimate of drug-likeness (QED) is 0.906. The lowest BCUT2D eigenvalue weighted by Crippen LogP contribution is -2.31. The molecule has 4 heteroatoms. The van der Waals surface area contributed by atoms with E-state index in [1.165, 1.54) is 0 Å². The van der Waals surface area contributed by atoms with Gasteiger partial charge in [0.05, 0.1) is 13.2 Å². The number of amides is 1. The number of carbonyl (C=O) groups is 1. The monoisotopic (exact) mass is 275 g/mol. The van der Waals surface area contributed by atoms with Crippen molar-refractivity contribution in [1.82, 2.24) is 5.32 Å². The van der Waals surface area contributed by atoms with Gasteiger partial charge >= 0.3 is 0 Å². The minimum absolute atomic E-state index is 0.0105. The number of nitrogens with one attached hydrogen (secondary N) is 1. The van der Waals surface area contributed by atoms with Crippen molar-refractivity contribution in [2.24, 2.45) is 5.92 Å². The Hall–Kier alpha value is -1.97. The van der Waals surface area contributed by atoms with Crippen molar-refractivity contribution >= 4 is 16.9 Å². The number of hydrogen-bond donors (Lipinski definition) is 1. The first-order valence-corrected chi connectivity index (χ1v) is 6.93. The third-order valence-corrected chi connectivity index (χ3v) is 3.59. The third kappa shape index (κ3) is 2.79. The van der Waals surface area contributed by atoms with Gasteiger partial charge in [-0.15, -0.1) is 0 Å². The van der Waals surface area contributed by atoms with E-state index < -0.39 is 0 Å². The van der Waals surface area contributed by atoms with Crippen LogP contribution in [-0.2, 0) is 4.79 Å². The van der Waals surface area contributed by atoms with E-state index in [-0.39, 0.29) is 17.9 Å². The number of benzene rings is 1. The predicted molar refractivity (Wildman–Crippen MR) is 78.8 cm³/mol. The van der Waals surface area contributed by atoms with Gasteiger partial charge in [0.15, 0.2) is 11.3 Å². The predicted octanol–water partition coefficient (Wildman–Crippen LogP) is 3.66. The fourth-order valence-corrected chi connectivity index (χ4v) is 2.04. The molecule has 0 aliphatic rings. The van der Waals surface area contributed by atoms with Crippen LogP contribution in [0, 0.1) is 5.92 Å². The van der Waals surface area contributed by atoms with Crippen molar-refractivity contribution in [2.45, 2.75) is 33.2 Å². The van der Waals surface area contributed by atoms with Gasteiger partial charge in [-0.1, -0.05) is 26.0 Å². The van der Waals surface area contributed by atoms with Crippen LogP contribution >= 0.6 is 0 Å². The molecule has 0 saturated carbocycles. The Kier molecular flexibility index (Phi) is 4.32. The molecule has 1 N–H and O–H groups in total. The van der Waals surface area contributed by atoms with Gasteiger partial charge in [0.2, 0.25) is 5.91 Å². The van der Waals surface area contributed by atoms with Crippen LogP contribution in [0.3, 0.4) is 0 Å². The number of methoxy groups -OCH3 is 1. The number of ether oxygens (including phenoxy) is 1. The summed E-state index contributed by atoms with van der Waals surface area (Å²) in [6.07, 6.45) is 0.826. The van der Waals surface area contributed by atoms with Crippen LogP contribution < -0.4 is 10.1 Å². The van der Waals surface area contributed by atoms with Gasteiger partial charge in [0.1, 0.15) is 5.76 Å². The Morgan fingerprint density at radius 1 is 1.40 bits per heavy atom. The summed E-state index contributed by atoms with van der Waals surface area (Å²) in [6, 6.07) is 7.53. The summed E-state index contributed by atoms with van der Waals surface area (Å²) in [7, 11) is 1.62. The van der Waals surface area contributed by atoms with Gasteiger partial charge < -0.3 is 14.5 Å². The van der Waals surface area contributed by atoms with Gasteiger partial charge in [-0.3, -0.25) is 4.79 Å². The Morgan fingerprint density at radius 3 is 2.80 bits per heavy atom. The molecule has 1 amide bonds. The Labute approximate surface area is 119 Å². The summed E-state index contributed by atoms with van der Waals surface area (Å²) in [4.78, 5) is 11.9. The smallest absolute Gasteiger partial charge is 0.223 e. The maximum Gasteiger partial charge on any atom is 0.223 e. The van der Waals surface area contributed by atoms with Gasteiger partial charge in [-0.25, -0.2) is 0 Å². The lowest BCUT2D eigenvalue weighted by molar-refractivity contribution is -0.125.